The molecule has 2 aliphatic heterocycles. The summed E-state index contributed by atoms with van der Waals surface area (Å²) in [6.07, 6.45) is 4.14. The summed E-state index contributed by atoms with van der Waals surface area (Å²) in [6.45, 7) is 2.89. The van der Waals surface area contributed by atoms with Crippen molar-refractivity contribution in [2.75, 3.05) is 26.2 Å². The second-order valence-corrected chi connectivity index (χ2v) is 9.97. The van der Waals surface area contributed by atoms with Gasteiger partial charge in [0.1, 0.15) is 11.6 Å². The number of hydrogen-bond donors (Lipinski definition) is 0. The third kappa shape index (κ3) is 4.66. The number of benzene rings is 2. The molecule has 180 valence electrons. The maximum Gasteiger partial charge on any atom is 0.266 e. The molecule has 2 aromatic rings. The van der Waals surface area contributed by atoms with Crippen molar-refractivity contribution in [1.82, 2.24) is 14.7 Å². The molecule has 2 amide bonds. The molecule has 2 unspecified atom stereocenters. The number of nitriles is 1. The van der Waals surface area contributed by atoms with Crippen molar-refractivity contribution < 1.29 is 9.59 Å². The van der Waals surface area contributed by atoms with Crippen molar-refractivity contribution in [3.63, 3.8) is 0 Å². The van der Waals surface area contributed by atoms with Crippen LogP contribution in [0.15, 0.2) is 65.9 Å². The molecule has 1 saturated heterocycles. The third-order valence-corrected chi connectivity index (χ3v) is 7.77. The summed E-state index contributed by atoms with van der Waals surface area (Å²) in [5, 5.41) is 10.7. The predicted octanol–water partition coefficient (Wildman–Crippen LogP) is 4.48. The Morgan fingerprint density at radius 2 is 1.66 bits per heavy atom. The fraction of sp³-hybridized carbons (Fsp3) is 0.393. The van der Waals surface area contributed by atoms with Gasteiger partial charge in [-0.25, -0.2) is 0 Å². The van der Waals surface area contributed by atoms with E-state index in [0.717, 1.165) is 36.9 Å². The van der Waals surface area contributed by atoms with Crippen molar-refractivity contribution >= 4 is 23.4 Å². The highest BCUT2D eigenvalue weighted by molar-refractivity contribution is 6.30. The van der Waals surface area contributed by atoms with Crippen LogP contribution in [0.2, 0.25) is 5.02 Å². The minimum Gasteiger partial charge on any atom is -0.370 e. The van der Waals surface area contributed by atoms with Crippen LogP contribution in [0, 0.1) is 17.2 Å². The maximum absolute atomic E-state index is 13.6. The zero-order valence-corrected chi connectivity index (χ0v) is 20.5. The van der Waals surface area contributed by atoms with Crippen LogP contribution in [0.1, 0.15) is 41.6 Å². The number of amides is 2. The molecule has 7 heteroatoms. The summed E-state index contributed by atoms with van der Waals surface area (Å²) in [6, 6.07) is 19.4. The first-order chi connectivity index (χ1) is 17.1. The topological polar surface area (TPSA) is 67.7 Å². The summed E-state index contributed by atoms with van der Waals surface area (Å²) in [4.78, 5) is 32.5. The molecule has 0 N–H and O–H groups in total. The highest BCUT2D eigenvalue weighted by Crippen LogP contribution is 2.41. The molecule has 1 aliphatic carbocycles. The van der Waals surface area contributed by atoms with Gasteiger partial charge in [-0.05, 0) is 42.7 Å². The number of hydrogen-bond acceptors (Lipinski definition) is 4. The second-order valence-electron chi connectivity index (χ2n) is 9.54. The number of nitrogens with zero attached hydrogens (tertiary/aromatic N) is 4. The molecule has 2 atom stereocenters. The van der Waals surface area contributed by atoms with E-state index in [9.17, 15) is 14.9 Å². The van der Waals surface area contributed by atoms with Gasteiger partial charge in [-0.3, -0.25) is 9.59 Å². The van der Waals surface area contributed by atoms with Gasteiger partial charge in [0, 0.05) is 61.0 Å². The molecule has 2 fully saturated rings. The Kier molecular flexibility index (Phi) is 6.79. The van der Waals surface area contributed by atoms with Crippen LogP contribution in [0.4, 0.5) is 0 Å². The number of rotatable bonds is 4. The lowest BCUT2D eigenvalue weighted by Crippen LogP contribution is -2.56. The lowest BCUT2D eigenvalue weighted by Gasteiger charge is -2.49. The van der Waals surface area contributed by atoms with E-state index in [2.05, 4.69) is 11.0 Å². The van der Waals surface area contributed by atoms with Gasteiger partial charge >= 0.3 is 0 Å². The van der Waals surface area contributed by atoms with E-state index in [1.807, 2.05) is 40.1 Å². The maximum atomic E-state index is 13.6. The van der Waals surface area contributed by atoms with Crippen molar-refractivity contribution in [1.29, 1.82) is 5.26 Å². The average molecular weight is 489 g/mol. The van der Waals surface area contributed by atoms with Gasteiger partial charge < -0.3 is 14.7 Å². The number of fused-ring (bicyclic) bond motifs is 1. The molecule has 5 rings (SSSR count). The standard InChI is InChI=1S/C28H29ClN4O2/c29-22-12-10-21(11-13-22)27(34)32-16-14-31(15-17-32)26-23-8-4-5-9-25(23)33(28(35)24(26)18-30)19-20-6-2-1-3-7-20/h1-3,6-7,10-13,23,25H,4-5,8-9,14-17,19H2. The van der Waals surface area contributed by atoms with Crippen LogP contribution < -0.4 is 0 Å². The van der Waals surface area contributed by atoms with Crippen molar-refractivity contribution in [2.24, 2.45) is 5.92 Å². The van der Waals surface area contributed by atoms with Gasteiger partial charge in [0.25, 0.3) is 11.8 Å². The summed E-state index contributed by atoms with van der Waals surface area (Å²) in [5.41, 5.74) is 2.89. The monoisotopic (exact) mass is 488 g/mol. The molecule has 35 heavy (non-hydrogen) atoms. The first-order valence-corrected chi connectivity index (χ1v) is 12.7. The minimum atomic E-state index is -0.158. The number of piperazine rings is 1. The smallest absolute Gasteiger partial charge is 0.266 e. The van der Waals surface area contributed by atoms with Gasteiger partial charge in [0.05, 0.1) is 0 Å². The van der Waals surface area contributed by atoms with Gasteiger partial charge in [0.2, 0.25) is 0 Å². The van der Waals surface area contributed by atoms with E-state index in [0.29, 0.717) is 43.3 Å². The zero-order valence-electron chi connectivity index (χ0n) is 19.7. The largest absolute Gasteiger partial charge is 0.370 e. The number of carbonyl (C=O) groups excluding carboxylic acids is 2. The summed E-state index contributed by atoms with van der Waals surface area (Å²) < 4.78 is 0. The molecular formula is C28H29ClN4O2. The second kappa shape index (κ2) is 10.1. The fourth-order valence-electron chi connectivity index (χ4n) is 5.78. The van der Waals surface area contributed by atoms with Crippen LogP contribution in [-0.4, -0.2) is 58.7 Å². The SMILES string of the molecule is N#CC1=C(N2CCN(C(=O)c3ccc(Cl)cc3)CC2)C2CCCCC2N(Cc2ccccc2)C1=O. The van der Waals surface area contributed by atoms with Crippen LogP contribution >= 0.6 is 11.6 Å². The van der Waals surface area contributed by atoms with Crippen LogP contribution in [0.25, 0.3) is 0 Å². The Morgan fingerprint density at radius 3 is 2.34 bits per heavy atom. The van der Waals surface area contributed by atoms with Crippen molar-refractivity contribution in [2.45, 2.75) is 38.3 Å². The summed E-state index contributed by atoms with van der Waals surface area (Å²) in [7, 11) is 0. The predicted molar refractivity (Wildman–Crippen MR) is 134 cm³/mol. The van der Waals surface area contributed by atoms with E-state index < -0.39 is 0 Å². The Morgan fingerprint density at radius 1 is 0.971 bits per heavy atom. The quantitative estimate of drug-likeness (QED) is 0.636. The molecule has 2 heterocycles. The van der Waals surface area contributed by atoms with E-state index in [4.69, 9.17) is 11.6 Å². The lowest BCUT2D eigenvalue weighted by atomic mass is 9.76. The Labute approximate surface area is 211 Å². The molecule has 0 radical (unpaired) electrons. The summed E-state index contributed by atoms with van der Waals surface area (Å²) >= 11 is 5.96. The minimum absolute atomic E-state index is 0.0138. The first kappa shape index (κ1) is 23.4. The molecule has 6 nitrogen and oxygen atoms in total. The third-order valence-electron chi connectivity index (χ3n) is 7.52. The van der Waals surface area contributed by atoms with Crippen LogP contribution in [0.3, 0.4) is 0 Å². The van der Waals surface area contributed by atoms with Crippen LogP contribution in [0.5, 0.6) is 0 Å². The van der Waals surface area contributed by atoms with Gasteiger partial charge in [-0.2, -0.15) is 5.26 Å². The molecule has 0 bridgehead atoms. The molecule has 3 aliphatic rings. The van der Waals surface area contributed by atoms with Gasteiger partial charge in [-0.15, -0.1) is 0 Å². The Hall–Kier alpha value is -3.30. The van der Waals surface area contributed by atoms with E-state index in [1.54, 1.807) is 24.3 Å². The molecule has 0 aromatic heterocycles. The van der Waals surface area contributed by atoms with E-state index in [1.165, 1.54) is 0 Å². The van der Waals surface area contributed by atoms with E-state index >= 15 is 0 Å². The molecular weight excluding hydrogens is 460 g/mol. The zero-order chi connectivity index (χ0) is 24.4. The van der Waals surface area contributed by atoms with Gasteiger partial charge in [-0.1, -0.05) is 54.8 Å². The first-order valence-electron chi connectivity index (χ1n) is 12.4. The number of halogens is 1. The molecule has 0 spiro atoms. The summed E-state index contributed by atoms with van der Waals surface area (Å²) in [5.74, 6) is -0.00685. The van der Waals surface area contributed by atoms with Crippen molar-refractivity contribution in [3.8, 4) is 6.07 Å². The Bertz CT molecular complexity index is 1160. The Balaban J connectivity index is 1.37. The highest BCUT2D eigenvalue weighted by Gasteiger charge is 2.45. The highest BCUT2D eigenvalue weighted by atomic mass is 35.5. The molecule has 1 saturated carbocycles. The van der Waals surface area contributed by atoms with E-state index in [-0.39, 0.29) is 29.3 Å². The van der Waals surface area contributed by atoms with Crippen LogP contribution in [-0.2, 0) is 11.3 Å². The lowest BCUT2D eigenvalue weighted by molar-refractivity contribution is -0.133. The van der Waals surface area contributed by atoms with Gasteiger partial charge in [0.15, 0.2) is 0 Å². The fourth-order valence-corrected chi connectivity index (χ4v) is 5.91. The average Bonchev–Trinajstić information content (AvgIpc) is 2.90. The van der Waals surface area contributed by atoms with Crippen molar-refractivity contribution in [3.05, 3.63) is 82.0 Å². The number of carbonyl (C=O) groups is 2. The molecule has 2 aromatic carbocycles. The normalized spacial score (nSPS) is 22.6.